The number of carbonyl (C=O) groups excluding carboxylic acids is 1. The molecule has 3 heterocycles. The van der Waals surface area contributed by atoms with Crippen molar-refractivity contribution >= 4 is 32.6 Å². The maximum Gasteiger partial charge on any atom is 0.295 e. The maximum atomic E-state index is 13.1. The molecule has 1 aliphatic heterocycles. The van der Waals surface area contributed by atoms with Crippen LogP contribution in [-0.2, 0) is 4.74 Å². The van der Waals surface area contributed by atoms with Gasteiger partial charge in [-0.3, -0.25) is 9.69 Å². The van der Waals surface area contributed by atoms with Gasteiger partial charge < -0.3 is 14.1 Å². The van der Waals surface area contributed by atoms with Crippen LogP contribution in [0.5, 0.6) is 0 Å². The van der Waals surface area contributed by atoms with Crippen LogP contribution in [-0.4, -0.2) is 50.3 Å². The fourth-order valence-electron chi connectivity index (χ4n) is 3.47. The van der Waals surface area contributed by atoms with Crippen LogP contribution in [0.3, 0.4) is 0 Å². The predicted octanol–water partition coefficient (Wildman–Crippen LogP) is 2.07. The highest BCUT2D eigenvalue weighted by Gasteiger charge is 2.25. The third kappa shape index (κ3) is 3.90. The van der Waals surface area contributed by atoms with Gasteiger partial charge in [-0.05, 0) is 43.2 Å². The van der Waals surface area contributed by atoms with Gasteiger partial charge in [0.1, 0.15) is 13.1 Å². The van der Waals surface area contributed by atoms with Crippen molar-refractivity contribution in [2.75, 3.05) is 44.3 Å². The van der Waals surface area contributed by atoms with E-state index in [2.05, 4.69) is 26.0 Å². The zero-order valence-corrected chi connectivity index (χ0v) is 16.5. The van der Waals surface area contributed by atoms with Gasteiger partial charge in [-0.25, -0.2) is 4.98 Å². The molecule has 3 aromatic rings. The predicted molar refractivity (Wildman–Crippen MR) is 106 cm³/mol. The fourth-order valence-corrected chi connectivity index (χ4v) is 4.64. The van der Waals surface area contributed by atoms with Crippen LogP contribution in [0.1, 0.15) is 21.7 Å². The van der Waals surface area contributed by atoms with Crippen LogP contribution < -0.4 is 9.80 Å². The quantitative estimate of drug-likeness (QED) is 0.729. The number of nitrogens with zero attached hydrogens (tertiary/aromatic N) is 2. The molecular weight excluding hydrogens is 362 g/mol. The molecule has 1 amide bonds. The van der Waals surface area contributed by atoms with Crippen LogP contribution in [0.25, 0.3) is 10.2 Å². The number of quaternary nitrogens is 1. The molecule has 7 heteroatoms. The zero-order chi connectivity index (χ0) is 18.8. The number of hydrogen-bond acceptors (Lipinski definition) is 5. The third-order valence-electron chi connectivity index (χ3n) is 4.92. The number of fused-ring (bicyclic) bond motifs is 1. The van der Waals surface area contributed by atoms with E-state index in [1.54, 1.807) is 28.4 Å². The van der Waals surface area contributed by atoms with E-state index in [0.717, 1.165) is 53.8 Å². The highest BCUT2D eigenvalue weighted by molar-refractivity contribution is 7.22. The number of benzene rings is 1. The second-order valence-corrected chi connectivity index (χ2v) is 7.98. The number of nitrogens with one attached hydrogen (secondary N) is 1. The number of ether oxygens (including phenoxy) is 1. The van der Waals surface area contributed by atoms with Gasteiger partial charge in [0.25, 0.3) is 5.91 Å². The van der Waals surface area contributed by atoms with Gasteiger partial charge in [0, 0.05) is 0 Å². The van der Waals surface area contributed by atoms with Crippen molar-refractivity contribution in [3.8, 4) is 0 Å². The number of thiazole rings is 1. The number of morpholine rings is 1. The minimum atomic E-state index is -0.138. The minimum absolute atomic E-state index is 0.138. The van der Waals surface area contributed by atoms with Crippen LogP contribution in [0.4, 0.5) is 5.13 Å². The molecule has 0 spiro atoms. The van der Waals surface area contributed by atoms with Crippen molar-refractivity contribution in [3.05, 3.63) is 47.4 Å². The molecule has 0 radical (unpaired) electrons. The summed E-state index contributed by atoms with van der Waals surface area (Å²) in [7, 11) is 0. The molecule has 27 heavy (non-hydrogen) atoms. The summed E-state index contributed by atoms with van der Waals surface area (Å²) in [6, 6.07) is 7.71. The Hall–Kier alpha value is -2.22. The van der Waals surface area contributed by atoms with Gasteiger partial charge >= 0.3 is 0 Å². The summed E-state index contributed by atoms with van der Waals surface area (Å²) < 4.78 is 11.9. The molecule has 0 atom stereocenters. The molecule has 2 aromatic heterocycles. The van der Waals surface area contributed by atoms with E-state index in [-0.39, 0.29) is 5.91 Å². The summed E-state index contributed by atoms with van der Waals surface area (Å²) in [5.74, 6) is 0.209. The monoisotopic (exact) mass is 386 g/mol. The van der Waals surface area contributed by atoms with E-state index >= 15 is 0 Å². The van der Waals surface area contributed by atoms with Crippen LogP contribution >= 0.6 is 11.3 Å². The van der Waals surface area contributed by atoms with Crippen molar-refractivity contribution in [1.82, 2.24) is 4.98 Å². The number of rotatable bonds is 5. The smallest absolute Gasteiger partial charge is 0.295 e. The summed E-state index contributed by atoms with van der Waals surface area (Å²) >= 11 is 1.56. The molecule has 0 bridgehead atoms. The Kier molecular flexibility index (Phi) is 5.24. The normalized spacial score (nSPS) is 15.3. The summed E-state index contributed by atoms with van der Waals surface area (Å²) in [4.78, 5) is 21.1. The van der Waals surface area contributed by atoms with Crippen molar-refractivity contribution in [3.63, 3.8) is 0 Å². The van der Waals surface area contributed by atoms with E-state index in [4.69, 9.17) is 14.1 Å². The van der Waals surface area contributed by atoms with Crippen LogP contribution in [0, 0.1) is 13.8 Å². The molecule has 1 N–H and O–H groups in total. The molecule has 1 fully saturated rings. The standard InChI is InChI=1S/C20H23N3O3S/c1-14-12-15(2)18-17(13-14)27-20(21-18)23(19(24)16-4-3-9-26-16)6-5-22-7-10-25-11-8-22/h3-4,9,12-13H,5-8,10-11H2,1-2H3/p+1. The molecule has 1 saturated heterocycles. The molecular formula is C20H24N3O3S+. The van der Waals surface area contributed by atoms with E-state index in [9.17, 15) is 4.79 Å². The SMILES string of the molecule is Cc1cc(C)c2nc(N(CC[NH+]3CCOCC3)C(=O)c3ccco3)sc2c1. The highest BCUT2D eigenvalue weighted by Crippen LogP contribution is 2.32. The lowest BCUT2D eigenvalue weighted by atomic mass is 10.1. The second-order valence-electron chi connectivity index (χ2n) is 6.97. The Bertz CT molecular complexity index is 930. The fraction of sp³-hybridized carbons (Fsp3) is 0.400. The summed E-state index contributed by atoms with van der Waals surface area (Å²) in [6.45, 7) is 9.12. The Balaban J connectivity index is 1.64. The number of aryl methyl sites for hydroxylation is 2. The first-order valence-corrected chi connectivity index (χ1v) is 10.1. The molecule has 0 unspecified atom stereocenters. The van der Waals surface area contributed by atoms with Crippen LogP contribution in [0.15, 0.2) is 34.9 Å². The van der Waals surface area contributed by atoms with Gasteiger partial charge in [0.15, 0.2) is 10.9 Å². The lowest BCUT2D eigenvalue weighted by Crippen LogP contribution is -3.14. The van der Waals surface area contributed by atoms with Gasteiger partial charge in [-0.1, -0.05) is 17.4 Å². The van der Waals surface area contributed by atoms with Gasteiger partial charge in [0.05, 0.1) is 42.8 Å². The largest absolute Gasteiger partial charge is 0.459 e. The van der Waals surface area contributed by atoms with E-state index in [0.29, 0.717) is 12.3 Å². The number of furan rings is 1. The highest BCUT2D eigenvalue weighted by atomic mass is 32.1. The average molecular weight is 386 g/mol. The van der Waals surface area contributed by atoms with Gasteiger partial charge in [-0.15, -0.1) is 0 Å². The Morgan fingerprint density at radius 2 is 2.11 bits per heavy atom. The summed E-state index contributed by atoms with van der Waals surface area (Å²) in [5, 5.41) is 0.729. The third-order valence-corrected chi connectivity index (χ3v) is 5.94. The molecule has 0 saturated carbocycles. The molecule has 142 valence electrons. The molecule has 0 aliphatic carbocycles. The molecule has 6 nitrogen and oxygen atoms in total. The zero-order valence-electron chi connectivity index (χ0n) is 15.7. The van der Waals surface area contributed by atoms with Crippen LogP contribution in [0.2, 0.25) is 0 Å². The minimum Gasteiger partial charge on any atom is -0.459 e. The molecule has 1 aliphatic rings. The first-order valence-electron chi connectivity index (χ1n) is 9.26. The molecule has 4 rings (SSSR count). The summed E-state index contributed by atoms with van der Waals surface area (Å²) in [5.41, 5.74) is 3.31. The number of carbonyl (C=O) groups is 1. The van der Waals surface area contributed by atoms with Crippen molar-refractivity contribution in [1.29, 1.82) is 0 Å². The molecule has 1 aromatic carbocycles. The Morgan fingerprint density at radius 3 is 2.85 bits per heavy atom. The summed E-state index contributed by atoms with van der Waals surface area (Å²) in [6.07, 6.45) is 1.53. The number of hydrogen-bond donors (Lipinski definition) is 1. The van der Waals surface area contributed by atoms with E-state index in [1.165, 1.54) is 16.7 Å². The van der Waals surface area contributed by atoms with E-state index < -0.39 is 0 Å². The average Bonchev–Trinajstić information content (AvgIpc) is 3.32. The second kappa shape index (κ2) is 7.80. The lowest BCUT2D eigenvalue weighted by Gasteiger charge is -2.26. The number of amides is 1. The van der Waals surface area contributed by atoms with Crippen molar-refractivity contribution in [2.45, 2.75) is 13.8 Å². The van der Waals surface area contributed by atoms with Gasteiger partial charge in [0.2, 0.25) is 0 Å². The topological polar surface area (TPSA) is 60.0 Å². The van der Waals surface area contributed by atoms with E-state index in [1.807, 2.05) is 0 Å². The maximum absolute atomic E-state index is 13.1. The Labute approximate surface area is 162 Å². The van der Waals surface area contributed by atoms with Crippen molar-refractivity contribution in [2.24, 2.45) is 0 Å². The number of anilines is 1. The van der Waals surface area contributed by atoms with Gasteiger partial charge in [-0.2, -0.15) is 0 Å². The van der Waals surface area contributed by atoms with Crippen molar-refractivity contribution < 1.29 is 18.8 Å². The lowest BCUT2D eigenvalue weighted by molar-refractivity contribution is -0.906. The first-order chi connectivity index (χ1) is 13.1. The number of aromatic nitrogens is 1. The first kappa shape index (κ1) is 18.2. The Morgan fingerprint density at radius 1 is 1.30 bits per heavy atom.